The maximum absolute atomic E-state index is 13.2. The molecule has 7 nitrogen and oxygen atoms in total. The number of nitrogen functional groups attached to an aromatic ring is 1. The van der Waals surface area contributed by atoms with Gasteiger partial charge in [0.05, 0.1) is 16.6 Å². The number of hydrogen-bond acceptors (Lipinski definition) is 5. The van der Waals surface area contributed by atoms with Crippen molar-refractivity contribution in [2.24, 2.45) is 5.41 Å². The van der Waals surface area contributed by atoms with E-state index >= 15 is 0 Å². The number of H-pyrrole nitrogens is 1. The average molecular weight is 495 g/mol. The van der Waals surface area contributed by atoms with Gasteiger partial charge >= 0.3 is 0 Å². The van der Waals surface area contributed by atoms with Crippen molar-refractivity contribution in [2.75, 3.05) is 49.2 Å². The van der Waals surface area contributed by atoms with E-state index in [0.29, 0.717) is 5.69 Å². The molecule has 0 radical (unpaired) electrons. The Kier molecular flexibility index (Phi) is 5.68. The molecule has 4 aromatic rings. The Bertz CT molecular complexity index is 1470. The van der Waals surface area contributed by atoms with Crippen molar-refractivity contribution in [3.05, 3.63) is 71.8 Å². The number of likely N-dealkylation sites (N-methyl/N-ethyl adjacent to an activating group) is 1. The van der Waals surface area contributed by atoms with Crippen LogP contribution >= 0.6 is 0 Å². The van der Waals surface area contributed by atoms with E-state index in [-0.39, 0.29) is 11.8 Å². The monoisotopic (exact) mass is 494 g/mol. The highest BCUT2D eigenvalue weighted by atomic mass is 16.2. The molecule has 37 heavy (non-hydrogen) atoms. The molecule has 4 N–H and O–H groups in total. The first-order chi connectivity index (χ1) is 17.8. The van der Waals surface area contributed by atoms with Crippen molar-refractivity contribution in [1.29, 1.82) is 0 Å². The third-order valence-electron chi connectivity index (χ3n) is 8.25. The van der Waals surface area contributed by atoms with Crippen LogP contribution in [0.4, 0.5) is 17.1 Å². The summed E-state index contributed by atoms with van der Waals surface area (Å²) in [5.41, 5.74) is 13.4. The molecule has 1 saturated heterocycles. The number of nitrogens with two attached hydrogens (primary N) is 1. The fraction of sp³-hybridized carbons (Fsp3) is 0.333. The van der Waals surface area contributed by atoms with E-state index in [1.54, 1.807) is 0 Å². The Labute approximate surface area is 217 Å². The number of benzene rings is 3. The molecule has 0 unspecified atom stereocenters. The van der Waals surface area contributed by atoms with Crippen LogP contribution in [0.25, 0.3) is 22.2 Å². The molecule has 3 aromatic carbocycles. The standard InChI is InChI=1S/C30H34N6O/c1-19-16-22(31)7-11-26(19)32-29(37)30(2)18-25(30)21-6-10-24-27(17-21)33-34-28(24)20-4-8-23(9-5-20)36-14-12-35(3)13-15-36/h4-11,16-17,25H,12-15,18,31H2,1-3H3,(H,32,37)(H,33,34)/t25-,30+/m0/s1. The number of piperazine rings is 1. The molecule has 1 aliphatic carbocycles. The number of nitrogens with zero attached hydrogens (tertiary/aromatic N) is 3. The van der Waals surface area contributed by atoms with Crippen LogP contribution < -0.4 is 16.0 Å². The van der Waals surface area contributed by atoms with Gasteiger partial charge in [0.15, 0.2) is 0 Å². The largest absolute Gasteiger partial charge is 0.399 e. The second-order valence-electron chi connectivity index (χ2n) is 10.9. The van der Waals surface area contributed by atoms with Crippen LogP contribution in [-0.2, 0) is 4.79 Å². The number of nitrogens with one attached hydrogen (secondary N) is 2. The fourth-order valence-corrected chi connectivity index (χ4v) is 5.56. The summed E-state index contributed by atoms with van der Waals surface area (Å²) in [5.74, 6) is 0.233. The van der Waals surface area contributed by atoms with Crippen molar-refractivity contribution >= 4 is 33.9 Å². The topological polar surface area (TPSA) is 90.3 Å². The van der Waals surface area contributed by atoms with Gasteiger partial charge in [-0.25, -0.2) is 0 Å². The Hall–Kier alpha value is -3.84. The zero-order valence-electron chi connectivity index (χ0n) is 21.7. The van der Waals surface area contributed by atoms with Crippen molar-refractivity contribution in [2.45, 2.75) is 26.2 Å². The summed E-state index contributed by atoms with van der Waals surface area (Å²) in [6.07, 6.45) is 0.826. The van der Waals surface area contributed by atoms with E-state index in [9.17, 15) is 4.79 Å². The molecule has 1 aromatic heterocycles. The number of carbonyl (C=O) groups excluding carboxylic acids is 1. The van der Waals surface area contributed by atoms with Crippen LogP contribution in [0.15, 0.2) is 60.7 Å². The number of hydrogen-bond donors (Lipinski definition) is 3. The third kappa shape index (κ3) is 4.33. The molecule has 1 aliphatic heterocycles. The van der Waals surface area contributed by atoms with Gasteiger partial charge in [-0.3, -0.25) is 9.89 Å². The van der Waals surface area contributed by atoms with Crippen LogP contribution in [-0.4, -0.2) is 54.2 Å². The van der Waals surface area contributed by atoms with E-state index in [1.807, 2.05) is 32.0 Å². The molecular formula is C30H34N6O. The van der Waals surface area contributed by atoms with Gasteiger partial charge in [-0.1, -0.05) is 31.2 Å². The lowest BCUT2D eigenvalue weighted by Gasteiger charge is -2.34. The summed E-state index contributed by atoms with van der Waals surface area (Å²) >= 11 is 0. The van der Waals surface area contributed by atoms with Gasteiger partial charge in [-0.2, -0.15) is 5.10 Å². The van der Waals surface area contributed by atoms with Gasteiger partial charge in [-0.15, -0.1) is 0 Å². The molecule has 0 bridgehead atoms. The normalized spacial score (nSPS) is 21.8. The van der Waals surface area contributed by atoms with E-state index < -0.39 is 5.41 Å². The molecule has 1 saturated carbocycles. The number of aromatic amines is 1. The molecule has 2 heterocycles. The molecular weight excluding hydrogens is 460 g/mol. The van der Waals surface area contributed by atoms with Crippen molar-refractivity contribution in [1.82, 2.24) is 15.1 Å². The summed E-state index contributed by atoms with van der Waals surface area (Å²) in [6.45, 7) is 8.31. The predicted octanol–water partition coefficient (Wildman–Crippen LogP) is 5.00. The first-order valence-corrected chi connectivity index (χ1v) is 13.0. The quantitative estimate of drug-likeness (QED) is 0.340. The number of rotatable bonds is 5. The maximum Gasteiger partial charge on any atom is 0.230 e. The zero-order valence-corrected chi connectivity index (χ0v) is 21.7. The summed E-state index contributed by atoms with van der Waals surface area (Å²) in [7, 11) is 2.18. The van der Waals surface area contributed by atoms with Crippen molar-refractivity contribution < 1.29 is 4.79 Å². The number of fused-ring (bicyclic) bond motifs is 1. The Morgan fingerprint density at radius 2 is 1.81 bits per heavy atom. The molecule has 0 spiro atoms. The highest BCUT2D eigenvalue weighted by Crippen LogP contribution is 2.59. The average Bonchev–Trinajstić information content (AvgIpc) is 3.42. The fourth-order valence-electron chi connectivity index (χ4n) is 5.56. The van der Waals surface area contributed by atoms with Gasteiger partial charge in [-0.05, 0) is 73.8 Å². The third-order valence-corrected chi connectivity index (χ3v) is 8.25. The summed E-state index contributed by atoms with van der Waals surface area (Å²) in [6, 6.07) is 20.7. The first-order valence-electron chi connectivity index (χ1n) is 13.0. The molecule has 2 atom stereocenters. The van der Waals surface area contributed by atoms with Crippen LogP contribution in [0.3, 0.4) is 0 Å². The molecule has 190 valence electrons. The summed E-state index contributed by atoms with van der Waals surface area (Å²) < 4.78 is 0. The number of aromatic nitrogens is 2. The van der Waals surface area contributed by atoms with Gasteiger partial charge < -0.3 is 20.9 Å². The van der Waals surface area contributed by atoms with Crippen LogP contribution in [0.2, 0.25) is 0 Å². The molecule has 2 aliphatic rings. The number of aryl methyl sites for hydroxylation is 1. The van der Waals surface area contributed by atoms with E-state index in [2.05, 4.69) is 74.8 Å². The van der Waals surface area contributed by atoms with E-state index in [0.717, 1.165) is 66.0 Å². The number of anilines is 3. The Morgan fingerprint density at radius 1 is 1.05 bits per heavy atom. The minimum atomic E-state index is -0.427. The molecule has 6 rings (SSSR count). The van der Waals surface area contributed by atoms with Gasteiger partial charge in [0.25, 0.3) is 0 Å². The zero-order chi connectivity index (χ0) is 25.7. The lowest BCUT2D eigenvalue weighted by Crippen LogP contribution is -2.44. The highest BCUT2D eigenvalue weighted by Gasteiger charge is 2.56. The predicted molar refractivity (Wildman–Crippen MR) is 151 cm³/mol. The van der Waals surface area contributed by atoms with Gasteiger partial charge in [0, 0.05) is 54.2 Å². The second-order valence-corrected chi connectivity index (χ2v) is 10.9. The van der Waals surface area contributed by atoms with E-state index in [4.69, 9.17) is 5.73 Å². The Balaban J connectivity index is 1.18. The molecule has 7 heteroatoms. The molecule has 1 amide bonds. The minimum Gasteiger partial charge on any atom is -0.399 e. The SMILES string of the molecule is Cc1cc(N)ccc1NC(=O)[C@]1(C)C[C@H]1c1ccc2c(-c3ccc(N4CCN(C)CC4)cc3)n[nH]c2c1. The Morgan fingerprint density at radius 3 is 2.54 bits per heavy atom. The van der Waals surface area contributed by atoms with Crippen LogP contribution in [0.1, 0.15) is 30.4 Å². The van der Waals surface area contributed by atoms with Gasteiger partial charge in [0.1, 0.15) is 0 Å². The van der Waals surface area contributed by atoms with E-state index in [1.165, 1.54) is 11.3 Å². The van der Waals surface area contributed by atoms with Crippen molar-refractivity contribution in [3.63, 3.8) is 0 Å². The lowest BCUT2D eigenvalue weighted by atomic mass is 9.98. The maximum atomic E-state index is 13.2. The lowest BCUT2D eigenvalue weighted by molar-refractivity contribution is -0.120. The van der Waals surface area contributed by atoms with Crippen molar-refractivity contribution in [3.8, 4) is 11.3 Å². The smallest absolute Gasteiger partial charge is 0.230 e. The second kappa shape index (κ2) is 8.92. The summed E-state index contributed by atoms with van der Waals surface area (Å²) in [5, 5.41) is 12.1. The van der Waals surface area contributed by atoms with Crippen LogP contribution in [0.5, 0.6) is 0 Å². The number of carbonyl (C=O) groups is 1. The number of amides is 1. The highest BCUT2D eigenvalue weighted by molar-refractivity contribution is 5.99. The van der Waals surface area contributed by atoms with Gasteiger partial charge in [0.2, 0.25) is 5.91 Å². The first kappa shape index (κ1) is 23.6. The minimum absolute atomic E-state index is 0.0520. The summed E-state index contributed by atoms with van der Waals surface area (Å²) in [4.78, 5) is 18.0. The van der Waals surface area contributed by atoms with Crippen LogP contribution in [0, 0.1) is 12.3 Å². The molecule has 2 fully saturated rings.